The highest BCUT2D eigenvalue weighted by molar-refractivity contribution is 6.01. The number of fused-ring (bicyclic) bond motifs is 3. The molecule has 2 aliphatic heterocycles. The Morgan fingerprint density at radius 1 is 1.29 bits per heavy atom. The predicted molar refractivity (Wildman–Crippen MR) is 63.6 cm³/mol. The van der Waals surface area contributed by atoms with Gasteiger partial charge in [-0.1, -0.05) is 23.8 Å². The van der Waals surface area contributed by atoms with E-state index in [0.717, 1.165) is 13.0 Å². The van der Waals surface area contributed by atoms with Gasteiger partial charge in [-0.3, -0.25) is 9.59 Å². The van der Waals surface area contributed by atoms with Crippen LogP contribution < -0.4 is 0 Å². The number of nitrogens with zero attached hydrogens (tertiary/aromatic N) is 1. The van der Waals surface area contributed by atoms with Gasteiger partial charge in [0.05, 0.1) is 12.5 Å². The third kappa shape index (κ3) is 1.66. The van der Waals surface area contributed by atoms with Crippen LogP contribution in [0.3, 0.4) is 0 Å². The van der Waals surface area contributed by atoms with Crippen molar-refractivity contribution in [2.24, 2.45) is 0 Å². The third-order valence-corrected chi connectivity index (χ3v) is 3.75. The Bertz CT molecular complexity index is 507. The van der Waals surface area contributed by atoms with Crippen LogP contribution in [0.5, 0.6) is 0 Å². The summed E-state index contributed by atoms with van der Waals surface area (Å²) in [5, 5.41) is 0. The lowest BCUT2D eigenvalue weighted by Gasteiger charge is -2.40. The summed E-state index contributed by atoms with van der Waals surface area (Å²) in [6, 6.07) is 6.31. The zero-order chi connectivity index (χ0) is 12.0. The van der Waals surface area contributed by atoms with Crippen molar-refractivity contribution in [3.05, 3.63) is 34.9 Å². The van der Waals surface area contributed by atoms with Crippen LogP contribution in [-0.2, 0) is 16.0 Å². The van der Waals surface area contributed by atoms with Gasteiger partial charge in [0.1, 0.15) is 5.78 Å². The molecule has 3 rings (SSSR count). The molecule has 1 amide bonds. The second kappa shape index (κ2) is 3.69. The highest BCUT2D eigenvalue weighted by atomic mass is 16.2. The molecule has 3 heteroatoms. The first-order valence-corrected chi connectivity index (χ1v) is 6.06. The number of ketones is 1. The van der Waals surface area contributed by atoms with E-state index < -0.39 is 0 Å². The second-order valence-electron chi connectivity index (χ2n) is 4.97. The van der Waals surface area contributed by atoms with Crippen molar-refractivity contribution in [2.75, 3.05) is 6.54 Å². The van der Waals surface area contributed by atoms with E-state index >= 15 is 0 Å². The number of hydrogen-bond acceptors (Lipinski definition) is 2. The first kappa shape index (κ1) is 10.5. The molecule has 88 valence electrons. The molecule has 0 aliphatic carbocycles. The van der Waals surface area contributed by atoms with E-state index in [0.29, 0.717) is 6.42 Å². The maximum atomic E-state index is 11.8. The number of carbonyl (C=O) groups excluding carboxylic acids is 2. The summed E-state index contributed by atoms with van der Waals surface area (Å²) in [6.07, 6.45) is 1.49. The fourth-order valence-electron chi connectivity index (χ4n) is 2.92. The van der Waals surface area contributed by atoms with Crippen LogP contribution in [0.25, 0.3) is 0 Å². The minimum atomic E-state index is -0.00639. The van der Waals surface area contributed by atoms with Gasteiger partial charge in [-0.15, -0.1) is 0 Å². The molecular weight excluding hydrogens is 214 g/mol. The van der Waals surface area contributed by atoms with Crippen LogP contribution in [0.2, 0.25) is 0 Å². The van der Waals surface area contributed by atoms with Gasteiger partial charge in [-0.25, -0.2) is 0 Å². The van der Waals surface area contributed by atoms with Gasteiger partial charge in [0.15, 0.2) is 0 Å². The zero-order valence-corrected chi connectivity index (χ0v) is 9.90. The molecule has 1 saturated heterocycles. The number of carbonyl (C=O) groups is 2. The normalized spacial score (nSPS) is 23.4. The Kier molecular flexibility index (Phi) is 2.28. The summed E-state index contributed by atoms with van der Waals surface area (Å²) in [7, 11) is 0. The summed E-state index contributed by atoms with van der Waals surface area (Å²) >= 11 is 0. The molecule has 1 fully saturated rings. The van der Waals surface area contributed by atoms with E-state index in [2.05, 4.69) is 25.1 Å². The summed E-state index contributed by atoms with van der Waals surface area (Å²) in [5.74, 6) is 0.0714. The second-order valence-corrected chi connectivity index (χ2v) is 4.97. The maximum absolute atomic E-state index is 11.8. The molecular formula is C14H15NO2. The van der Waals surface area contributed by atoms with E-state index in [1.165, 1.54) is 16.7 Å². The van der Waals surface area contributed by atoms with Crippen molar-refractivity contribution in [3.8, 4) is 0 Å². The third-order valence-electron chi connectivity index (χ3n) is 3.75. The van der Waals surface area contributed by atoms with Crippen molar-refractivity contribution < 1.29 is 9.59 Å². The smallest absolute Gasteiger partial charge is 0.230 e. The van der Waals surface area contributed by atoms with E-state index in [-0.39, 0.29) is 24.2 Å². The van der Waals surface area contributed by atoms with E-state index in [4.69, 9.17) is 0 Å². The fourth-order valence-corrected chi connectivity index (χ4v) is 2.92. The lowest BCUT2D eigenvalue weighted by Crippen LogP contribution is -2.45. The minimum Gasteiger partial charge on any atom is -0.334 e. The molecule has 17 heavy (non-hydrogen) atoms. The molecule has 1 unspecified atom stereocenters. The summed E-state index contributed by atoms with van der Waals surface area (Å²) in [6.45, 7) is 2.83. The molecule has 1 aromatic carbocycles. The summed E-state index contributed by atoms with van der Waals surface area (Å²) in [4.78, 5) is 25.3. The van der Waals surface area contributed by atoms with Gasteiger partial charge in [0.25, 0.3) is 0 Å². The Morgan fingerprint density at radius 3 is 2.94 bits per heavy atom. The fraction of sp³-hybridized carbons (Fsp3) is 0.429. The van der Waals surface area contributed by atoms with Crippen LogP contribution in [0.4, 0.5) is 0 Å². The van der Waals surface area contributed by atoms with Crippen LogP contribution in [-0.4, -0.2) is 23.1 Å². The standard InChI is InChI=1S/C14H15NO2/c1-9-2-3-12-10(6-9)4-5-15-13(12)7-11(16)8-14(15)17/h2-3,6,13H,4-5,7-8H2,1H3. The average molecular weight is 229 g/mol. The van der Waals surface area contributed by atoms with Gasteiger partial charge >= 0.3 is 0 Å². The molecule has 2 heterocycles. The Hall–Kier alpha value is -1.64. The quantitative estimate of drug-likeness (QED) is 0.636. The van der Waals surface area contributed by atoms with E-state index in [9.17, 15) is 9.59 Å². The highest BCUT2D eigenvalue weighted by Gasteiger charge is 2.36. The van der Waals surface area contributed by atoms with Crippen LogP contribution in [0.1, 0.15) is 35.6 Å². The molecule has 0 saturated carbocycles. The first-order valence-electron chi connectivity index (χ1n) is 6.06. The molecule has 0 spiro atoms. The maximum Gasteiger partial charge on any atom is 0.230 e. The molecule has 0 bridgehead atoms. The monoisotopic (exact) mass is 229 g/mol. The molecule has 2 aliphatic rings. The number of hydrogen-bond donors (Lipinski definition) is 0. The summed E-state index contributed by atoms with van der Waals surface area (Å²) in [5.41, 5.74) is 3.71. The average Bonchev–Trinajstić information content (AvgIpc) is 2.27. The number of aryl methyl sites for hydroxylation is 1. The van der Waals surface area contributed by atoms with Crippen molar-refractivity contribution in [2.45, 2.75) is 32.2 Å². The van der Waals surface area contributed by atoms with Crippen molar-refractivity contribution in [1.29, 1.82) is 0 Å². The molecule has 3 nitrogen and oxygen atoms in total. The Morgan fingerprint density at radius 2 is 2.12 bits per heavy atom. The highest BCUT2D eigenvalue weighted by Crippen LogP contribution is 2.36. The van der Waals surface area contributed by atoms with Gasteiger partial charge in [0.2, 0.25) is 5.91 Å². The van der Waals surface area contributed by atoms with Crippen LogP contribution in [0, 0.1) is 6.92 Å². The van der Waals surface area contributed by atoms with Gasteiger partial charge in [0, 0.05) is 13.0 Å². The minimum absolute atomic E-state index is 0.00234. The molecule has 1 atom stereocenters. The van der Waals surface area contributed by atoms with Gasteiger partial charge < -0.3 is 4.90 Å². The number of benzene rings is 1. The number of Topliss-reactive ketones (excluding diaryl/α,β-unsaturated/α-hetero) is 1. The van der Waals surface area contributed by atoms with Gasteiger partial charge in [-0.05, 0) is 24.5 Å². The van der Waals surface area contributed by atoms with Crippen molar-refractivity contribution >= 4 is 11.7 Å². The predicted octanol–water partition coefficient (Wildman–Crippen LogP) is 1.78. The molecule has 0 aromatic heterocycles. The zero-order valence-electron chi connectivity index (χ0n) is 9.90. The largest absolute Gasteiger partial charge is 0.334 e. The van der Waals surface area contributed by atoms with E-state index in [1.807, 2.05) is 4.90 Å². The van der Waals surface area contributed by atoms with Gasteiger partial charge in [-0.2, -0.15) is 0 Å². The Labute approximate surface area is 100 Å². The van der Waals surface area contributed by atoms with Crippen LogP contribution >= 0.6 is 0 Å². The SMILES string of the molecule is Cc1ccc2c(c1)CCN1C(=O)CC(=O)CC21. The number of amides is 1. The summed E-state index contributed by atoms with van der Waals surface area (Å²) < 4.78 is 0. The van der Waals surface area contributed by atoms with Crippen LogP contribution in [0.15, 0.2) is 18.2 Å². The molecule has 0 radical (unpaired) electrons. The topological polar surface area (TPSA) is 37.4 Å². The number of rotatable bonds is 0. The van der Waals surface area contributed by atoms with Crippen molar-refractivity contribution in [3.63, 3.8) is 0 Å². The lowest BCUT2D eigenvalue weighted by molar-refractivity contribution is -0.143. The first-order chi connectivity index (χ1) is 8.15. The molecule has 1 aromatic rings. The molecule has 0 N–H and O–H groups in total. The number of piperidine rings is 1. The Balaban J connectivity index is 2.04. The van der Waals surface area contributed by atoms with E-state index in [1.54, 1.807) is 0 Å². The van der Waals surface area contributed by atoms with Crippen molar-refractivity contribution in [1.82, 2.24) is 4.90 Å². The lowest BCUT2D eigenvalue weighted by atomic mass is 9.85.